The minimum Gasteiger partial charge on any atom is -0.455 e. The van der Waals surface area contributed by atoms with Gasteiger partial charge in [0, 0.05) is 26.3 Å². The van der Waals surface area contributed by atoms with E-state index in [9.17, 15) is 9.59 Å². The van der Waals surface area contributed by atoms with Crippen LogP contribution in [0, 0.1) is 5.41 Å². The van der Waals surface area contributed by atoms with Crippen molar-refractivity contribution in [1.29, 1.82) is 0 Å². The van der Waals surface area contributed by atoms with Crippen molar-refractivity contribution >= 4 is 17.6 Å². The van der Waals surface area contributed by atoms with Gasteiger partial charge in [0.2, 0.25) is 0 Å². The lowest BCUT2D eigenvalue weighted by atomic mass is 9.97. The second-order valence-electron chi connectivity index (χ2n) is 8.38. The Morgan fingerprint density at radius 2 is 1.74 bits per heavy atom. The van der Waals surface area contributed by atoms with E-state index in [1.165, 1.54) is 18.4 Å². The number of hydrogen-bond acceptors (Lipinski definition) is 5. The van der Waals surface area contributed by atoms with Crippen molar-refractivity contribution in [2.24, 2.45) is 5.41 Å². The first-order valence-electron chi connectivity index (χ1n) is 9.64. The van der Waals surface area contributed by atoms with Gasteiger partial charge in [-0.2, -0.15) is 0 Å². The molecule has 6 heteroatoms. The summed E-state index contributed by atoms with van der Waals surface area (Å²) in [6, 6.07) is 8.59. The highest BCUT2D eigenvalue weighted by molar-refractivity contribution is 5.82. The van der Waals surface area contributed by atoms with Crippen molar-refractivity contribution in [2.45, 2.75) is 39.7 Å². The number of ether oxygens (including phenoxy) is 1. The number of nitrogens with zero attached hydrogens (tertiary/aromatic N) is 2. The van der Waals surface area contributed by atoms with E-state index in [1.807, 2.05) is 14.1 Å². The highest BCUT2D eigenvalue weighted by atomic mass is 16.5. The second kappa shape index (κ2) is 9.22. The summed E-state index contributed by atoms with van der Waals surface area (Å²) in [5, 5.41) is 2.93. The monoisotopic (exact) mass is 375 g/mol. The van der Waals surface area contributed by atoms with Crippen molar-refractivity contribution in [3.8, 4) is 0 Å². The fraction of sp³-hybridized carbons (Fsp3) is 0.619. The van der Waals surface area contributed by atoms with Crippen molar-refractivity contribution in [1.82, 2.24) is 10.2 Å². The van der Waals surface area contributed by atoms with Crippen LogP contribution in [0.3, 0.4) is 0 Å². The Morgan fingerprint density at radius 3 is 2.26 bits per heavy atom. The normalized spacial score (nSPS) is 16.0. The van der Waals surface area contributed by atoms with Crippen LogP contribution in [0.4, 0.5) is 5.69 Å². The van der Waals surface area contributed by atoms with Crippen LogP contribution in [-0.2, 0) is 14.3 Å². The molecular formula is C21H33N3O3. The van der Waals surface area contributed by atoms with Crippen molar-refractivity contribution in [3.63, 3.8) is 0 Å². The number of benzene rings is 1. The van der Waals surface area contributed by atoms with Crippen LogP contribution in [0.15, 0.2) is 24.3 Å². The van der Waals surface area contributed by atoms with Crippen LogP contribution in [-0.4, -0.2) is 57.1 Å². The molecule has 1 heterocycles. The molecule has 0 spiro atoms. The van der Waals surface area contributed by atoms with Crippen LogP contribution in [0.2, 0.25) is 0 Å². The van der Waals surface area contributed by atoms with Gasteiger partial charge in [0.05, 0.1) is 11.5 Å². The number of nitrogens with one attached hydrogen (secondary N) is 1. The van der Waals surface area contributed by atoms with Crippen LogP contribution in [0.25, 0.3) is 0 Å². The molecule has 0 saturated carbocycles. The summed E-state index contributed by atoms with van der Waals surface area (Å²) in [6.07, 6.45) is 2.37. The first-order valence-corrected chi connectivity index (χ1v) is 9.64. The summed E-state index contributed by atoms with van der Waals surface area (Å²) in [5.41, 5.74) is 1.73. The van der Waals surface area contributed by atoms with Crippen LogP contribution >= 0.6 is 0 Å². The molecule has 1 atom stereocenters. The first kappa shape index (κ1) is 21.2. The maximum Gasteiger partial charge on any atom is 0.311 e. The average Bonchev–Trinajstić information content (AvgIpc) is 3.13. The number of carbonyl (C=O) groups excluding carboxylic acids is 2. The molecule has 0 aliphatic carbocycles. The maximum atomic E-state index is 12.2. The van der Waals surface area contributed by atoms with Gasteiger partial charge >= 0.3 is 5.97 Å². The quantitative estimate of drug-likeness (QED) is 0.742. The Kier molecular flexibility index (Phi) is 7.25. The largest absolute Gasteiger partial charge is 0.455 e. The highest BCUT2D eigenvalue weighted by Crippen LogP contribution is 2.26. The van der Waals surface area contributed by atoms with Crippen molar-refractivity contribution in [3.05, 3.63) is 29.8 Å². The Bertz CT molecular complexity index is 629. The third-order valence-corrected chi connectivity index (χ3v) is 4.81. The summed E-state index contributed by atoms with van der Waals surface area (Å²) in [5.74, 6) is -0.630. The molecule has 150 valence electrons. The Balaban J connectivity index is 1.96. The van der Waals surface area contributed by atoms with E-state index < -0.39 is 5.41 Å². The molecule has 6 nitrogen and oxygen atoms in total. The molecule has 0 radical (unpaired) electrons. The fourth-order valence-electron chi connectivity index (χ4n) is 3.11. The van der Waals surface area contributed by atoms with Gasteiger partial charge in [0.25, 0.3) is 5.91 Å². The van der Waals surface area contributed by atoms with Crippen LogP contribution in [0.5, 0.6) is 0 Å². The van der Waals surface area contributed by atoms with E-state index in [0.717, 1.165) is 18.8 Å². The standard InChI is InChI=1S/C21H33N3O3/c1-21(2,3)20(26)27-15-19(25)22-14-18(24-12-6-7-13-24)16-8-10-17(11-9-16)23(4)5/h8-11,18H,6-7,12-15H2,1-5H3,(H,22,25)/t18-/m0/s1. The molecule has 1 N–H and O–H groups in total. The predicted molar refractivity (Wildman–Crippen MR) is 108 cm³/mol. The molecule has 0 aromatic heterocycles. The molecule has 0 bridgehead atoms. The number of rotatable bonds is 7. The van der Waals surface area contributed by atoms with Gasteiger partial charge < -0.3 is 15.0 Å². The summed E-state index contributed by atoms with van der Waals surface area (Å²) < 4.78 is 5.10. The zero-order chi connectivity index (χ0) is 20.0. The van der Waals surface area contributed by atoms with Crippen molar-refractivity contribution in [2.75, 3.05) is 45.2 Å². The van der Waals surface area contributed by atoms with Gasteiger partial charge in [0.15, 0.2) is 6.61 Å². The summed E-state index contributed by atoms with van der Waals surface area (Å²) in [7, 11) is 4.04. The zero-order valence-corrected chi connectivity index (χ0v) is 17.2. The molecule has 1 fully saturated rings. The lowest BCUT2D eigenvalue weighted by molar-refractivity contribution is -0.156. The maximum absolute atomic E-state index is 12.2. The first-order chi connectivity index (χ1) is 12.7. The molecule has 1 aromatic carbocycles. The molecule has 2 rings (SSSR count). The third kappa shape index (κ3) is 6.24. The zero-order valence-electron chi connectivity index (χ0n) is 17.2. The van der Waals surface area contributed by atoms with E-state index in [0.29, 0.717) is 6.54 Å². The van der Waals surface area contributed by atoms with E-state index in [1.54, 1.807) is 20.8 Å². The Hall–Kier alpha value is -2.08. The van der Waals surface area contributed by atoms with Gasteiger partial charge in [-0.1, -0.05) is 12.1 Å². The number of amides is 1. The lowest BCUT2D eigenvalue weighted by Crippen LogP contribution is -2.39. The van der Waals surface area contributed by atoms with Crippen molar-refractivity contribution < 1.29 is 14.3 Å². The van der Waals surface area contributed by atoms with Gasteiger partial charge in [-0.3, -0.25) is 14.5 Å². The molecule has 0 unspecified atom stereocenters. The molecular weight excluding hydrogens is 342 g/mol. The molecule has 1 aliphatic heterocycles. The SMILES string of the molecule is CN(C)c1ccc([C@H](CNC(=O)COC(=O)C(C)(C)C)N2CCCC2)cc1. The topological polar surface area (TPSA) is 61.9 Å². The fourth-order valence-corrected chi connectivity index (χ4v) is 3.11. The minimum atomic E-state index is -0.605. The number of esters is 1. The Morgan fingerprint density at radius 1 is 1.15 bits per heavy atom. The average molecular weight is 376 g/mol. The van der Waals surface area contributed by atoms with Gasteiger partial charge in [0.1, 0.15) is 0 Å². The summed E-state index contributed by atoms with van der Waals surface area (Å²) in [6.45, 7) is 7.66. The van der Waals surface area contributed by atoms with E-state index in [4.69, 9.17) is 4.74 Å². The second-order valence-corrected chi connectivity index (χ2v) is 8.38. The van der Waals surface area contributed by atoms with E-state index >= 15 is 0 Å². The highest BCUT2D eigenvalue weighted by Gasteiger charge is 2.26. The molecule has 1 aromatic rings. The van der Waals surface area contributed by atoms with Gasteiger partial charge in [-0.05, 0) is 64.4 Å². The van der Waals surface area contributed by atoms with Gasteiger partial charge in [-0.15, -0.1) is 0 Å². The summed E-state index contributed by atoms with van der Waals surface area (Å²) >= 11 is 0. The number of anilines is 1. The van der Waals surface area contributed by atoms with Crippen LogP contribution in [0.1, 0.15) is 45.2 Å². The smallest absolute Gasteiger partial charge is 0.311 e. The number of hydrogen-bond donors (Lipinski definition) is 1. The lowest BCUT2D eigenvalue weighted by Gasteiger charge is -2.28. The van der Waals surface area contributed by atoms with Crippen LogP contribution < -0.4 is 10.2 Å². The number of likely N-dealkylation sites (tertiary alicyclic amines) is 1. The van der Waals surface area contributed by atoms with Gasteiger partial charge in [-0.25, -0.2) is 0 Å². The number of carbonyl (C=O) groups is 2. The minimum absolute atomic E-state index is 0.131. The molecule has 1 saturated heterocycles. The van der Waals surface area contributed by atoms with E-state index in [2.05, 4.69) is 39.4 Å². The molecule has 1 aliphatic rings. The summed E-state index contributed by atoms with van der Waals surface area (Å²) in [4.78, 5) is 28.4. The van der Waals surface area contributed by atoms with E-state index in [-0.39, 0.29) is 24.5 Å². The predicted octanol–water partition coefficient (Wildman–Crippen LogP) is 2.59. The molecule has 1 amide bonds. The Labute approximate surface area is 162 Å². The molecule has 27 heavy (non-hydrogen) atoms. The third-order valence-electron chi connectivity index (χ3n) is 4.81.